The fraction of sp³-hybridized carbons (Fsp3) is 0.278. The molecule has 0 spiro atoms. The molecule has 0 radical (unpaired) electrons. The van der Waals surface area contributed by atoms with E-state index in [9.17, 15) is 4.79 Å². The Morgan fingerprint density at radius 3 is 2.62 bits per heavy atom. The summed E-state index contributed by atoms with van der Waals surface area (Å²) in [6.07, 6.45) is 0. The van der Waals surface area contributed by atoms with Crippen LogP contribution in [0.1, 0.15) is 35.3 Å². The summed E-state index contributed by atoms with van der Waals surface area (Å²) < 4.78 is 0. The number of anilines is 1. The van der Waals surface area contributed by atoms with Gasteiger partial charge in [0.1, 0.15) is 0 Å². The second-order valence-electron chi connectivity index (χ2n) is 5.66. The summed E-state index contributed by atoms with van der Waals surface area (Å²) in [5, 5.41) is 0. The number of benzene rings is 2. The van der Waals surface area contributed by atoms with Crippen LogP contribution in [0.5, 0.6) is 0 Å². The third kappa shape index (κ3) is 4.11. The first-order chi connectivity index (χ1) is 9.97. The number of aryl methyl sites for hydroxylation is 1. The molecule has 2 aromatic carbocycles. The maximum absolute atomic E-state index is 12.7. The average molecular weight is 299 g/mol. The molecule has 0 aromatic heterocycles. The van der Waals surface area contributed by atoms with Crippen LogP contribution in [0.3, 0.4) is 0 Å². The summed E-state index contributed by atoms with van der Waals surface area (Å²) in [5.74, 6) is 1.63. The Morgan fingerprint density at radius 1 is 1.19 bits per heavy atom. The lowest BCUT2D eigenvalue weighted by molar-refractivity contribution is 0.103. The Hall–Kier alpha value is -1.74. The van der Waals surface area contributed by atoms with E-state index in [1.165, 1.54) is 0 Å². The summed E-state index contributed by atoms with van der Waals surface area (Å²) in [5.41, 5.74) is 8.91. The molecule has 2 N–H and O–H groups in total. The topological polar surface area (TPSA) is 43.1 Å². The number of hydrogen-bond acceptors (Lipinski definition) is 3. The number of thioether (sulfide) groups is 1. The summed E-state index contributed by atoms with van der Waals surface area (Å²) in [7, 11) is 0. The molecule has 2 nitrogen and oxygen atoms in total. The molecular weight excluding hydrogens is 278 g/mol. The third-order valence-electron chi connectivity index (χ3n) is 3.10. The molecule has 0 bridgehead atoms. The zero-order chi connectivity index (χ0) is 15.4. The van der Waals surface area contributed by atoms with Gasteiger partial charge in [0, 0.05) is 27.5 Å². The third-order valence-corrected chi connectivity index (χ3v) is 4.60. The quantitative estimate of drug-likeness (QED) is 0.500. The second kappa shape index (κ2) is 6.81. The molecule has 0 amide bonds. The van der Waals surface area contributed by atoms with Gasteiger partial charge in [0.2, 0.25) is 0 Å². The zero-order valence-corrected chi connectivity index (χ0v) is 13.5. The minimum atomic E-state index is 0.0391. The van der Waals surface area contributed by atoms with Crippen molar-refractivity contribution in [3.63, 3.8) is 0 Å². The lowest BCUT2D eigenvalue weighted by Crippen LogP contribution is -2.05. The van der Waals surface area contributed by atoms with Gasteiger partial charge in [0.05, 0.1) is 0 Å². The van der Waals surface area contributed by atoms with Crippen molar-refractivity contribution in [2.45, 2.75) is 25.7 Å². The predicted molar refractivity (Wildman–Crippen MR) is 91.0 cm³/mol. The smallest absolute Gasteiger partial charge is 0.194 e. The molecule has 3 heteroatoms. The number of nitrogen functional groups attached to an aromatic ring is 1. The largest absolute Gasteiger partial charge is 0.399 e. The van der Waals surface area contributed by atoms with Crippen molar-refractivity contribution >= 4 is 23.2 Å². The maximum atomic E-state index is 12.7. The predicted octanol–water partition coefficient (Wildman–Crippen LogP) is 4.56. The first-order valence-corrected chi connectivity index (χ1v) is 8.09. The van der Waals surface area contributed by atoms with Gasteiger partial charge in [-0.2, -0.15) is 0 Å². The number of rotatable bonds is 5. The monoisotopic (exact) mass is 299 g/mol. The van der Waals surface area contributed by atoms with Gasteiger partial charge < -0.3 is 5.73 Å². The summed E-state index contributed by atoms with van der Waals surface area (Å²) in [4.78, 5) is 13.8. The van der Waals surface area contributed by atoms with Gasteiger partial charge in [-0.15, -0.1) is 11.8 Å². The van der Waals surface area contributed by atoms with E-state index in [-0.39, 0.29) is 5.78 Å². The lowest BCUT2D eigenvalue weighted by atomic mass is 10.0. The van der Waals surface area contributed by atoms with Crippen LogP contribution >= 0.6 is 11.8 Å². The van der Waals surface area contributed by atoms with Crippen LogP contribution in [0.15, 0.2) is 47.4 Å². The first-order valence-electron chi connectivity index (χ1n) is 7.11. The van der Waals surface area contributed by atoms with Gasteiger partial charge in [-0.3, -0.25) is 4.79 Å². The molecule has 110 valence electrons. The van der Waals surface area contributed by atoms with E-state index in [1.807, 2.05) is 31.2 Å². The highest BCUT2D eigenvalue weighted by molar-refractivity contribution is 7.99. The molecule has 0 saturated heterocycles. The van der Waals surface area contributed by atoms with E-state index in [4.69, 9.17) is 5.73 Å². The Balaban J connectivity index is 2.37. The maximum Gasteiger partial charge on any atom is 0.194 e. The van der Waals surface area contributed by atoms with Crippen molar-refractivity contribution in [3.8, 4) is 0 Å². The van der Waals surface area contributed by atoms with Crippen molar-refractivity contribution in [2.24, 2.45) is 5.92 Å². The molecule has 0 aliphatic carbocycles. The highest BCUT2D eigenvalue weighted by atomic mass is 32.2. The van der Waals surface area contributed by atoms with Crippen molar-refractivity contribution < 1.29 is 4.79 Å². The van der Waals surface area contributed by atoms with Crippen molar-refractivity contribution in [1.29, 1.82) is 0 Å². The Labute approximate surface area is 130 Å². The highest BCUT2D eigenvalue weighted by Crippen LogP contribution is 2.28. The Bertz CT molecular complexity index is 649. The van der Waals surface area contributed by atoms with Gasteiger partial charge in [-0.1, -0.05) is 37.6 Å². The van der Waals surface area contributed by atoms with Crippen LogP contribution in [-0.2, 0) is 0 Å². The van der Waals surface area contributed by atoms with Crippen LogP contribution < -0.4 is 5.73 Å². The molecule has 0 fully saturated rings. The minimum absolute atomic E-state index is 0.0391. The fourth-order valence-corrected chi connectivity index (χ4v) is 3.02. The minimum Gasteiger partial charge on any atom is -0.399 e. The number of ketones is 1. The molecular formula is C18H21NOS. The molecule has 0 heterocycles. The van der Waals surface area contributed by atoms with E-state index in [1.54, 1.807) is 23.9 Å². The zero-order valence-electron chi connectivity index (χ0n) is 12.7. The summed E-state index contributed by atoms with van der Waals surface area (Å²) >= 11 is 1.74. The van der Waals surface area contributed by atoms with Crippen LogP contribution in [0.4, 0.5) is 5.69 Å². The number of hydrogen-bond donors (Lipinski definition) is 1. The van der Waals surface area contributed by atoms with E-state index in [0.29, 0.717) is 17.2 Å². The van der Waals surface area contributed by atoms with Crippen LogP contribution in [0.2, 0.25) is 0 Å². The van der Waals surface area contributed by atoms with E-state index >= 15 is 0 Å². The molecule has 0 aliphatic heterocycles. The fourth-order valence-electron chi connectivity index (χ4n) is 2.04. The van der Waals surface area contributed by atoms with Crippen LogP contribution in [0, 0.1) is 12.8 Å². The van der Waals surface area contributed by atoms with Crippen LogP contribution in [0.25, 0.3) is 0 Å². The van der Waals surface area contributed by atoms with Crippen LogP contribution in [-0.4, -0.2) is 11.5 Å². The highest BCUT2D eigenvalue weighted by Gasteiger charge is 2.15. The molecule has 21 heavy (non-hydrogen) atoms. The van der Waals surface area contributed by atoms with Gasteiger partial charge in [0.15, 0.2) is 5.78 Å². The van der Waals surface area contributed by atoms with E-state index in [2.05, 4.69) is 19.9 Å². The molecule has 2 rings (SSSR count). The number of nitrogens with two attached hydrogens (primary N) is 1. The van der Waals surface area contributed by atoms with E-state index in [0.717, 1.165) is 21.8 Å². The average Bonchev–Trinajstić information content (AvgIpc) is 2.45. The molecule has 0 atom stereocenters. The number of carbonyl (C=O) groups is 1. The van der Waals surface area contributed by atoms with Gasteiger partial charge in [0.25, 0.3) is 0 Å². The standard InChI is InChI=1S/C18H21NOS/c1-12(2)11-21-17-8-7-13(3)9-16(17)18(20)14-5-4-6-15(19)10-14/h4-10,12H,11,19H2,1-3H3. The molecule has 0 unspecified atom stereocenters. The van der Waals surface area contributed by atoms with Crippen molar-refractivity contribution in [3.05, 3.63) is 59.2 Å². The van der Waals surface area contributed by atoms with E-state index < -0.39 is 0 Å². The molecule has 2 aromatic rings. The van der Waals surface area contributed by atoms with Crippen molar-refractivity contribution in [2.75, 3.05) is 11.5 Å². The van der Waals surface area contributed by atoms with Gasteiger partial charge >= 0.3 is 0 Å². The number of carbonyl (C=O) groups excluding carboxylic acids is 1. The SMILES string of the molecule is Cc1ccc(SCC(C)C)c(C(=O)c2cccc(N)c2)c1. The molecule has 0 saturated carbocycles. The normalized spacial score (nSPS) is 10.9. The summed E-state index contributed by atoms with van der Waals surface area (Å²) in [6, 6.07) is 13.2. The second-order valence-corrected chi connectivity index (χ2v) is 6.72. The Kier molecular flexibility index (Phi) is 5.07. The first kappa shape index (κ1) is 15.6. The van der Waals surface area contributed by atoms with Gasteiger partial charge in [-0.05, 0) is 37.1 Å². The van der Waals surface area contributed by atoms with Crippen molar-refractivity contribution in [1.82, 2.24) is 0 Å². The lowest BCUT2D eigenvalue weighted by Gasteiger charge is -2.11. The molecule has 0 aliphatic rings. The summed E-state index contributed by atoms with van der Waals surface area (Å²) in [6.45, 7) is 6.37. The Morgan fingerprint density at radius 2 is 1.95 bits per heavy atom. The van der Waals surface area contributed by atoms with Gasteiger partial charge in [-0.25, -0.2) is 0 Å².